The van der Waals surface area contributed by atoms with E-state index in [1.165, 1.54) is 0 Å². The number of nitrogens with zero attached hydrogens (tertiary/aromatic N) is 1. The number of ether oxygens (including phenoxy) is 1. The van der Waals surface area contributed by atoms with Crippen LogP contribution in [-0.4, -0.2) is 10.8 Å². The van der Waals surface area contributed by atoms with Crippen LogP contribution >= 0.6 is 15.9 Å². The molecule has 0 spiro atoms. The zero-order chi connectivity index (χ0) is 14.8. The largest absolute Gasteiger partial charge is 0.439 e. The zero-order valence-electron chi connectivity index (χ0n) is 11.0. The average molecular weight is 342 g/mol. The number of amidine groups is 1. The molecule has 104 valence electrons. The minimum absolute atomic E-state index is 0.0798. The van der Waals surface area contributed by atoms with Crippen LogP contribution in [-0.2, 0) is 0 Å². The maximum absolute atomic E-state index is 7.39. The number of hydrogen-bond donors (Lipinski definition) is 2. The summed E-state index contributed by atoms with van der Waals surface area (Å²) < 4.78 is 6.77. The number of fused-ring (bicyclic) bond motifs is 1. The average Bonchev–Trinajstić information content (AvgIpc) is 2.48. The highest BCUT2D eigenvalue weighted by Crippen LogP contribution is 2.26. The molecule has 3 N–H and O–H groups in total. The highest BCUT2D eigenvalue weighted by atomic mass is 79.9. The van der Waals surface area contributed by atoms with Gasteiger partial charge in [0.1, 0.15) is 17.3 Å². The summed E-state index contributed by atoms with van der Waals surface area (Å²) in [6.45, 7) is 0. The van der Waals surface area contributed by atoms with Crippen molar-refractivity contribution in [3.63, 3.8) is 0 Å². The summed E-state index contributed by atoms with van der Waals surface area (Å²) in [5.41, 5.74) is 5.83. The van der Waals surface area contributed by atoms with Gasteiger partial charge in [-0.1, -0.05) is 34.1 Å². The zero-order valence-corrected chi connectivity index (χ0v) is 12.6. The first kappa shape index (κ1) is 13.6. The molecule has 0 aliphatic heterocycles. The van der Waals surface area contributed by atoms with Crippen LogP contribution in [0.2, 0.25) is 0 Å². The summed E-state index contributed by atoms with van der Waals surface area (Å²) >= 11 is 3.45. The molecule has 21 heavy (non-hydrogen) atoms. The summed E-state index contributed by atoms with van der Waals surface area (Å²) in [5.74, 6) is 1.03. The quantitative estimate of drug-likeness (QED) is 0.557. The minimum Gasteiger partial charge on any atom is -0.439 e. The third-order valence-corrected chi connectivity index (χ3v) is 3.49. The smallest absolute Gasteiger partial charge is 0.219 e. The normalized spacial score (nSPS) is 10.5. The van der Waals surface area contributed by atoms with Crippen molar-refractivity contribution in [1.82, 2.24) is 4.98 Å². The number of halogens is 1. The Morgan fingerprint density at radius 3 is 2.62 bits per heavy atom. The Hall–Kier alpha value is -2.40. The van der Waals surface area contributed by atoms with Gasteiger partial charge < -0.3 is 10.5 Å². The van der Waals surface area contributed by atoms with Crippen LogP contribution in [0.25, 0.3) is 10.8 Å². The van der Waals surface area contributed by atoms with Crippen molar-refractivity contribution in [2.45, 2.75) is 0 Å². The molecule has 5 heteroatoms. The van der Waals surface area contributed by atoms with Gasteiger partial charge in [-0.2, -0.15) is 0 Å². The van der Waals surface area contributed by atoms with Crippen molar-refractivity contribution >= 4 is 32.5 Å². The van der Waals surface area contributed by atoms with E-state index in [2.05, 4.69) is 20.9 Å². The van der Waals surface area contributed by atoms with E-state index < -0.39 is 0 Å². The summed E-state index contributed by atoms with van der Waals surface area (Å²) in [7, 11) is 0. The number of nitrogens with one attached hydrogen (secondary N) is 1. The second-order valence-electron chi connectivity index (χ2n) is 4.53. The van der Waals surface area contributed by atoms with Gasteiger partial charge >= 0.3 is 0 Å². The van der Waals surface area contributed by atoms with Crippen LogP contribution in [0.15, 0.2) is 59.1 Å². The van der Waals surface area contributed by atoms with E-state index in [0.717, 1.165) is 15.2 Å². The van der Waals surface area contributed by atoms with Gasteiger partial charge in [-0.3, -0.25) is 5.41 Å². The molecule has 3 rings (SSSR count). The maximum atomic E-state index is 7.39. The molecule has 0 saturated carbocycles. The van der Waals surface area contributed by atoms with Gasteiger partial charge in [-0.05, 0) is 41.1 Å². The van der Waals surface area contributed by atoms with Crippen molar-refractivity contribution in [2.75, 3.05) is 0 Å². The number of hydrogen-bond acceptors (Lipinski definition) is 3. The molecule has 4 nitrogen and oxygen atoms in total. The molecule has 0 unspecified atom stereocenters. The standard InChI is InChI=1S/C16H12BrN3O/c17-12-6-4-11-9-13(7-5-10(11)8-12)21-15-3-1-2-14(20-15)16(18)19/h1-9H,(H3,18,19). The Bertz CT molecular complexity index is 833. The molecule has 1 heterocycles. The molecule has 1 aromatic heterocycles. The van der Waals surface area contributed by atoms with Crippen molar-refractivity contribution in [2.24, 2.45) is 5.73 Å². The first-order valence-electron chi connectivity index (χ1n) is 6.30. The highest BCUT2D eigenvalue weighted by Gasteiger charge is 2.04. The van der Waals surface area contributed by atoms with Crippen LogP contribution in [0.3, 0.4) is 0 Å². The Kier molecular flexibility index (Phi) is 3.58. The number of benzene rings is 2. The number of rotatable bonds is 3. The van der Waals surface area contributed by atoms with Gasteiger partial charge in [0.25, 0.3) is 0 Å². The predicted octanol–water partition coefficient (Wildman–Crippen LogP) is 4.07. The van der Waals surface area contributed by atoms with Crippen molar-refractivity contribution in [3.05, 3.63) is 64.8 Å². The Morgan fingerprint density at radius 2 is 1.81 bits per heavy atom. The SMILES string of the molecule is N=C(N)c1cccc(Oc2ccc3cc(Br)ccc3c2)n1. The van der Waals surface area contributed by atoms with Crippen LogP contribution in [0.5, 0.6) is 11.6 Å². The Labute approximate surface area is 130 Å². The van der Waals surface area contributed by atoms with Gasteiger partial charge in [-0.25, -0.2) is 4.98 Å². The van der Waals surface area contributed by atoms with Crippen molar-refractivity contribution in [1.29, 1.82) is 5.41 Å². The first-order chi connectivity index (χ1) is 10.1. The molecule has 2 aromatic carbocycles. The van der Waals surface area contributed by atoms with E-state index >= 15 is 0 Å². The molecule has 0 radical (unpaired) electrons. The molecule has 0 fully saturated rings. The number of nitrogens with two attached hydrogens (primary N) is 1. The molecule has 0 saturated heterocycles. The molecule has 0 bridgehead atoms. The van der Waals surface area contributed by atoms with E-state index in [9.17, 15) is 0 Å². The summed E-state index contributed by atoms with van der Waals surface area (Å²) in [6.07, 6.45) is 0. The first-order valence-corrected chi connectivity index (χ1v) is 7.10. The predicted molar refractivity (Wildman–Crippen MR) is 87.0 cm³/mol. The third-order valence-electron chi connectivity index (χ3n) is 3.00. The van der Waals surface area contributed by atoms with Crippen LogP contribution in [0.1, 0.15) is 5.69 Å². The van der Waals surface area contributed by atoms with Crippen LogP contribution in [0, 0.1) is 5.41 Å². The second kappa shape index (κ2) is 5.54. The van der Waals surface area contributed by atoms with Gasteiger partial charge in [0.2, 0.25) is 5.88 Å². The highest BCUT2D eigenvalue weighted by molar-refractivity contribution is 9.10. The van der Waals surface area contributed by atoms with Gasteiger partial charge in [-0.15, -0.1) is 0 Å². The monoisotopic (exact) mass is 341 g/mol. The van der Waals surface area contributed by atoms with E-state index in [1.54, 1.807) is 18.2 Å². The number of aromatic nitrogens is 1. The van der Waals surface area contributed by atoms with Crippen molar-refractivity contribution < 1.29 is 4.74 Å². The molecule has 3 aromatic rings. The van der Waals surface area contributed by atoms with Crippen LogP contribution < -0.4 is 10.5 Å². The van der Waals surface area contributed by atoms with Crippen LogP contribution in [0.4, 0.5) is 0 Å². The molecule has 0 aliphatic rings. The second-order valence-corrected chi connectivity index (χ2v) is 5.45. The lowest BCUT2D eigenvalue weighted by atomic mass is 10.1. The summed E-state index contributed by atoms with van der Waals surface area (Å²) in [6, 6.07) is 17.0. The number of pyridine rings is 1. The van der Waals surface area contributed by atoms with Crippen molar-refractivity contribution in [3.8, 4) is 11.6 Å². The maximum Gasteiger partial charge on any atom is 0.219 e. The topological polar surface area (TPSA) is 72.0 Å². The minimum atomic E-state index is -0.0798. The van der Waals surface area contributed by atoms with E-state index in [0.29, 0.717) is 17.3 Å². The summed E-state index contributed by atoms with van der Waals surface area (Å²) in [4.78, 5) is 4.18. The lowest BCUT2D eigenvalue weighted by Gasteiger charge is -2.07. The lowest BCUT2D eigenvalue weighted by Crippen LogP contribution is -2.13. The fraction of sp³-hybridized carbons (Fsp3) is 0. The van der Waals surface area contributed by atoms with Gasteiger partial charge in [0, 0.05) is 10.5 Å². The van der Waals surface area contributed by atoms with E-state index in [1.807, 2.05) is 36.4 Å². The fourth-order valence-electron chi connectivity index (χ4n) is 2.00. The molecule has 0 amide bonds. The number of nitrogen functional groups attached to an aromatic ring is 1. The third kappa shape index (κ3) is 3.03. The molecule has 0 aliphatic carbocycles. The Balaban J connectivity index is 1.92. The summed E-state index contributed by atoms with van der Waals surface area (Å²) in [5, 5.41) is 9.60. The van der Waals surface area contributed by atoms with Gasteiger partial charge in [0.15, 0.2) is 0 Å². The molecular formula is C16H12BrN3O. The fourth-order valence-corrected chi connectivity index (χ4v) is 2.38. The molecule has 0 atom stereocenters. The molecular weight excluding hydrogens is 330 g/mol. The lowest BCUT2D eigenvalue weighted by molar-refractivity contribution is 0.463. The van der Waals surface area contributed by atoms with Gasteiger partial charge in [0.05, 0.1) is 0 Å². The van der Waals surface area contributed by atoms with E-state index in [4.69, 9.17) is 15.9 Å². The van der Waals surface area contributed by atoms with E-state index in [-0.39, 0.29) is 5.84 Å². The Morgan fingerprint density at radius 1 is 1.05 bits per heavy atom.